The Bertz CT molecular complexity index is 370. The summed E-state index contributed by atoms with van der Waals surface area (Å²) in [6, 6.07) is 5.42. The highest BCUT2D eigenvalue weighted by atomic mass is 35.5. The number of methoxy groups -OCH3 is 1. The van der Waals surface area contributed by atoms with Crippen LogP contribution < -0.4 is 4.90 Å². The minimum absolute atomic E-state index is 0.252. The third-order valence-electron chi connectivity index (χ3n) is 2.98. The van der Waals surface area contributed by atoms with E-state index >= 15 is 0 Å². The number of ether oxygens (including phenoxy) is 1. The molecule has 0 radical (unpaired) electrons. The van der Waals surface area contributed by atoms with E-state index in [1.807, 2.05) is 0 Å². The zero-order valence-corrected chi connectivity index (χ0v) is 10.1. The highest BCUT2D eigenvalue weighted by Crippen LogP contribution is 2.34. The molecule has 1 saturated heterocycles. The van der Waals surface area contributed by atoms with Crippen LogP contribution in [0.4, 0.5) is 5.69 Å². The maximum Gasteiger partial charge on any atom is 0.117 e. The molecule has 1 aromatic carbocycles. The quantitative estimate of drug-likeness (QED) is 0.883. The average Bonchev–Trinajstić information content (AvgIpc) is 2.70. The first-order valence-corrected chi connectivity index (χ1v) is 5.84. The van der Waals surface area contributed by atoms with Crippen molar-refractivity contribution in [2.45, 2.75) is 18.9 Å². The molecule has 0 bridgehead atoms. The topological polar surface area (TPSA) is 32.7 Å². The second kappa shape index (κ2) is 4.93. The van der Waals surface area contributed by atoms with Crippen molar-refractivity contribution in [3.63, 3.8) is 0 Å². The summed E-state index contributed by atoms with van der Waals surface area (Å²) in [6.45, 7) is 1.67. The number of aromatic hydroxyl groups is 1. The van der Waals surface area contributed by atoms with Crippen LogP contribution in [-0.2, 0) is 4.74 Å². The summed E-state index contributed by atoms with van der Waals surface area (Å²) in [7, 11) is 1.71. The van der Waals surface area contributed by atoms with Crippen LogP contribution in [0.1, 0.15) is 12.8 Å². The van der Waals surface area contributed by atoms with Crippen molar-refractivity contribution in [3.8, 4) is 5.75 Å². The third-order valence-corrected chi connectivity index (χ3v) is 3.29. The number of phenols is 1. The molecule has 0 aromatic heterocycles. The van der Waals surface area contributed by atoms with Crippen LogP contribution in [0.15, 0.2) is 18.2 Å². The average molecular weight is 242 g/mol. The molecule has 0 amide bonds. The van der Waals surface area contributed by atoms with E-state index in [1.165, 1.54) is 0 Å². The zero-order chi connectivity index (χ0) is 11.5. The van der Waals surface area contributed by atoms with Gasteiger partial charge in [0.15, 0.2) is 0 Å². The summed E-state index contributed by atoms with van der Waals surface area (Å²) in [5, 5.41) is 10.2. The lowest BCUT2D eigenvalue weighted by Crippen LogP contribution is -2.32. The molecule has 16 heavy (non-hydrogen) atoms. The number of benzene rings is 1. The van der Waals surface area contributed by atoms with E-state index in [4.69, 9.17) is 16.3 Å². The van der Waals surface area contributed by atoms with E-state index in [2.05, 4.69) is 4.90 Å². The Kier molecular flexibility index (Phi) is 3.56. The van der Waals surface area contributed by atoms with Crippen LogP contribution in [0.2, 0.25) is 5.02 Å². The zero-order valence-electron chi connectivity index (χ0n) is 9.32. The van der Waals surface area contributed by atoms with E-state index in [0.29, 0.717) is 17.7 Å². The molecule has 1 atom stereocenters. The van der Waals surface area contributed by atoms with Crippen LogP contribution in [0.3, 0.4) is 0 Å². The van der Waals surface area contributed by atoms with Crippen LogP contribution in [0.5, 0.6) is 5.75 Å². The maximum atomic E-state index is 9.50. The molecule has 1 heterocycles. The van der Waals surface area contributed by atoms with E-state index in [1.54, 1.807) is 25.3 Å². The van der Waals surface area contributed by atoms with E-state index < -0.39 is 0 Å². The lowest BCUT2D eigenvalue weighted by Gasteiger charge is -2.27. The molecule has 88 valence electrons. The van der Waals surface area contributed by atoms with Gasteiger partial charge in [0.05, 0.1) is 23.4 Å². The summed E-state index contributed by atoms with van der Waals surface area (Å²) >= 11 is 6.15. The Hall–Kier alpha value is -0.930. The van der Waals surface area contributed by atoms with Crippen molar-refractivity contribution >= 4 is 17.3 Å². The largest absolute Gasteiger partial charge is 0.508 e. The Labute approximate surface area is 101 Å². The summed E-state index contributed by atoms with van der Waals surface area (Å²) in [6.07, 6.45) is 2.25. The first-order chi connectivity index (χ1) is 7.72. The highest BCUT2D eigenvalue weighted by Gasteiger charge is 2.26. The molecule has 2 rings (SSSR count). The van der Waals surface area contributed by atoms with Crippen LogP contribution in [-0.4, -0.2) is 31.4 Å². The molecular formula is C12H16ClNO2. The fourth-order valence-electron chi connectivity index (χ4n) is 2.24. The van der Waals surface area contributed by atoms with Crippen molar-refractivity contribution < 1.29 is 9.84 Å². The van der Waals surface area contributed by atoms with E-state index in [-0.39, 0.29) is 5.75 Å². The fourth-order valence-corrected chi connectivity index (χ4v) is 2.47. The predicted molar refractivity (Wildman–Crippen MR) is 65.4 cm³/mol. The van der Waals surface area contributed by atoms with Gasteiger partial charge in [0.1, 0.15) is 5.75 Å². The minimum Gasteiger partial charge on any atom is -0.508 e. The summed E-state index contributed by atoms with van der Waals surface area (Å²) in [5.41, 5.74) is 0.904. The Morgan fingerprint density at radius 3 is 3.12 bits per heavy atom. The Morgan fingerprint density at radius 2 is 2.38 bits per heavy atom. The first-order valence-electron chi connectivity index (χ1n) is 5.46. The van der Waals surface area contributed by atoms with Gasteiger partial charge < -0.3 is 14.7 Å². The summed E-state index contributed by atoms with van der Waals surface area (Å²) in [4.78, 5) is 2.21. The second-order valence-electron chi connectivity index (χ2n) is 4.08. The summed E-state index contributed by atoms with van der Waals surface area (Å²) in [5.74, 6) is 0.252. The van der Waals surface area contributed by atoms with Gasteiger partial charge in [0.2, 0.25) is 0 Å². The molecule has 1 N–H and O–H groups in total. The number of hydrogen-bond donors (Lipinski definition) is 1. The number of hydrogen-bond acceptors (Lipinski definition) is 3. The van der Waals surface area contributed by atoms with Crippen molar-refractivity contribution in [3.05, 3.63) is 23.2 Å². The highest BCUT2D eigenvalue weighted by molar-refractivity contribution is 6.33. The maximum absolute atomic E-state index is 9.50. The lowest BCUT2D eigenvalue weighted by molar-refractivity contribution is 0.181. The van der Waals surface area contributed by atoms with Crippen molar-refractivity contribution in [1.82, 2.24) is 0 Å². The molecule has 3 nitrogen and oxygen atoms in total. The van der Waals surface area contributed by atoms with Gasteiger partial charge in [-0.15, -0.1) is 0 Å². The number of nitrogens with zero attached hydrogens (tertiary/aromatic N) is 1. The van der Waals surface area contributed by atoms with Crippen molar-refractivity contribution in [1.29, 1.82) is 0 Å². The molecule has 1 aromatic rings. The van der Waals surface area contributed by atoms with Gasteiger partial charge >= 0.3 is 0 Å². The monoisotopic (exact) mass is 241 g/mol. The van der Waals surface area contributed by atoms with Gasteiger partial charge in [-0.3, -0.25) is 0 Å². The molecule has 1 unspecified atom stereocenters. The lowest BCUT2D eigenvalue weighted by atomic mass is 10.2. The van der Waals surface area contributed by atoms with Gasteiger partial charge in [0.25, 0.3) is 0 Å². The van der Waals surface area contributed by atoms with Gasteiger partial charge in [-0.1, -0.05) is 11.6 Å². The Morgan fingerprint density at radius 1 is 1.56 bits per heavy atom. The number of rotatable bonds is 3. The van der Waals surface area contributed by atoms with Crippen LogP contribution in [0, 0.1) is 0 Å². The Balaban J connectivity index is 2.25. The van der Waals surface area contributed by atoms with Crippen LogP contribution >= 0.6 is 11.6 Å². The number of anilines is 1. The molecule has 1 aliphatic rings. The number of phenolic OH excluding ortho intramolecular Hbond substituents is 1. The fraction of sp³-hybridized carbons (Fsp3) is 0.500. The third kappa shape index (κ3) is 2.25. The van der Waals surface area contributed by atoms with Gasteiger partial charge in [-0.05, 0) is 25.0 Å². The molecule has 0 aliphatic carbocycles. The molecule has 1 aliphatic heterocycles. The molecule has 0 spiro atoms. The van der Waals surface area contributed by atoms with Gasteiger partial charge in [-0.2, -0.15) is 0 Å². The predicted octanol–water partition coefficient (Wildman–Crippen LogP) is 2.66. The molecular weight excluding hydrogens is 226 g/mol. The first kappa shape index (κ1) is 11.6. The minimum atomic E-state index is 0.252. The smallest absolute Gasteiger partial charge is 0.117 e. The van der Waals surface area contributed by atoms with Gasteiger partial charge in [-0.25, -0.2) is 0 Å². The standard InChI is InChI=1S/C12H16ClNO2/c1-16-8-9-3-2-6-14(9)12-7-10(15)4-5-11(12)13/h4-5,7,9,15H,2-3,6,8H2,1H3. The second-order valence-corrected chi connectivity index (χ2v) is 4.49. The van der Waals surface area contributed by atoms with Crippen molar-refractivity contribution in [2.75, 3.05) is 25.2 Å². The summed E-state index contributed by atoms with van der Waals surface area (Å²) < 4.78 is 5.20. The van der Waals surface area contributed by atoms with E-state index in [0.717, 1.165) is 25.1 Å². The van der Waals surface area contributed by atoms with Crippen LogP contribution in [0.25, 0.3) is 0 Å². The molecule has 4 heteroatoms. The molecule has 0 saturated carbocycles. The number of halogens is 1. The molecule has 1 fully saturated rings. The van der Waals surface area contributed by atoms with E-state index in [9.17, 15) is 5.11 Å². The SMILES string of the molecule is COCC1CCCN1c1cc(O)ccc1Cl. The normalized spacial score (nSPS) is 20.4. The van der Waals surface area contributed by atoms with Crippen molar-refractivity contribution in [2.24, 2.45) is 0 Å². The van der Waals surface area contributed by atoms with Gasteiger partial charge in [0, 0.05) is 19.7 Å².